The molecule has 0 atom stereocenters. The van der Waals surface area contributed by atoms with Crippen molar-refractivity contribution in [3.8, 4) is 0 Å². The highest BCUT2D eigenvalue weighted by atomic mass is 127. The van der Waals surface area contributed by atoms with Gasteiger partial charge in [0.15, 0.2) is 11.8 Å². The number of halogens is 1. The predicted octanol–water partition coefficient (Wildman–Crippen LogP) is 2.99. The van der Waals surface area contributed by atoms with E-state index in [4.69, 9.17) is 4.52 Å². The summed E-state index contributed by atoms with van der Waals surface area (Å²) in [6.45, 7) is 3.16. The average Bonchev–Trinajstić information content (AvgIpc) is 3.20. The van der Waals surface area contributed by atoms with Crippen molar-refractivity contribution in [2.75, 3.05) is 13.6 Å². The average molecular weight is 459 g/mol. The number of aliphatic imine (C=N–C) groups is 1. The molecule has 0 unspecified atom stereocenters. The molecule has 2 N–H and O–H groups in total. The molecule has 6 nitrogen and oxygen atoms in total. The first-order valence-corrected chi connectivity index (χ1v) is 8.49. The summed E-state index contributed by atoms with van der Waals surface area (Å²) in [5, 5.41) is 10.4. The van der Waals surface area contributed by atoms with E-state index in [-0.39, 0.29) is 28.7 Å². The van der Waals surface area contributed by atoms with Gasteiger partial charge in [0.25, 0.3) is 0 Å². The number of aryl methyl sites for hydroxylation is 1. The lowest BCUT2D eigenvalue weighted by atomic mass is 10.4. The molecule has 1 saturated carbocycles. The highest BCUT2D eigenvalue weighted by molar-refractivity contribution is 14.0. The SMILES string of the molecule is CN=C(NCc1nc(C)no1)NCC1(Sc2ccccc2)CC1.I. The topological polar surface area (TPSA) is 75.3 Å². The molecular weight excluding hydrogens is 437 g/mol. The van der Waals surface area contributed by atoms with Crippen LogP contribution in [0.3, 0.4) is 0 Å². The molecule has 24 heavy (non-hydrogen) atoms. The highest BCUT2D eigenvalue weighted by Gasteiger charge is 2.43. The maximum absolute atomic E-state index is 5.09. The van der Waals surface area contributed by atoms with E-state index in [9.17, 15) is 0 Å². The minimum atomic E-state index is 0. The Kier molecular flexibility index (Phi) is 6.90. The molecule has 1 aliphatic carbocycles. The number of hydrogen-bond donors (Lipinski definition) is 2. The lowest BCUT2D eigenvalue weighted by Crippen LogP contribution is -2.40. The van der Waals surface area contributed by atoms with E-state index < -0.39 is 0 Å². The molecule has 1 aromatic carbocycles. The number of hydrogen-bond acceptors (Lipinski definition) is 5. The van der Waals surface area contributed by atoms with Crippen LogP contribution in [0.5, 0.6) is 0 Å². The molecule has 8 heteroatoms. The molecule has 0 spiro atoms. The summed E-state index contributed by atoms with van der Waals surface area (Å²) in [5.41, 5.74) is 0. The summed E-state index contributed by atoms with van der Waals surface area (Å²) < 4.78 is 5.36. The Bertz CT molecular complexity index is 672. The number of aromatic nitrogens is 2. The first-order chi connectivity index (χ1) is 11.2. The van der Waals surface area contributed by atoms with Crippen molar-refractivity contribution in [1.29, 1.82) is 0 Å². The van der Waals surface area contributed by atoms with Gasteiger partial charge in [0, 0.05) is 23.2 Å². The Morgan fingerprint density at radius 3 is 2.62 bits per heavy atom. The molecule has 1 heterocycles. The number of guanidine groups is 1. The quantitative estimate of drug-likeness (QED) is 0.393. The second-order valence-corrected chi connectivity index (χ2v) is 7.15. The maximum atomic E-state index is 5.09. The van der Waals surface area contributed by atoms with Gasteiger partial charge in [0.2, 0.25) is 5.89 Å². The monoisotopic (exact) mass is 459 g/mol. The van der Waals surface area contributed by atoms with Gasteiger partial charge in [-0.15, -0.1) is 35.7 Å². The summed E-state index contributed by atoms with van der Waals surface area (Å²) in [6, 6.07) is 10.5. The van der Waals surface area contributed by atoms with Crippen molar-refractivity contribution < 1.29 is 4.52 Å². The number of nitrogens with one attached hydrogen (secondary N) is 2. The predicted molar refractivity (Wildman–Crippen MR) is 107 cm³/mol. The van der Waals surface area contributed by atoms with Crippen LogP contribution < -0.4 is 10.6 Å². The molecule has 1 aliphatic rings. The third-order valence-electron chi connectivity index (χ3n) is 3.66. The normalized spacial score (nSPS) is 15.5. The molecule has 0 aliphatic heterocycles. The molecule has 1 aromatic heterocycles. The molecular formula is C16H22IN5OS. The first-order valence-electron chi connectivity index (χ1n) is 7.67. The fourth-order valence-electron chi connectivity index (χ4n) is 2.23. The van der Waals surface area contributed by atoms with Gasteiger partial charge in [-0.1, -0.05) is 23.4 Å². The largest absolute Gasteiger partial charge is 0.355 e. The number of benzene rings is 1. The van der Waals surface area contributed by atoms with Gasteiger partial charge < -0.3 is 15.2 Å². The minimum Gasteiger partial charge on any atom is -0.355 e. The van der Waals surface area contributed by atoms with Gasteiger partial charge in [-0.3, -0.25) is 4.99 Å². The third-order valence-corrected chi connectivity index (χ3v) is 5.16. The molecule has 0 saturated heterocycles. The zero-order valence-corrected chi connectivity index (χ0v) is 16.9. The summed E-state index contributed by atoms with van der Waals surface area (Å²) >= 11 is 1.94. The van der Waals surface area contributed by atoms with Crippen LogP contribution in [-0.4, -0.2) is 34.4 Å². The highest BCUT2D eigenvalue weighted by Crippen LogP contribution is 2.51. The lowest BCUT2D eigenvalue weighted by molar-refractivity contribution is 0.371. The Balaban J connectivity index is 0.00000208. The van der Waals surface area contributed by atoms with Gasteiger partial charge >= 0.3 is 0 Å². The number of rotatable bonds is 6. The van der Waals surface area contributed by atoms with E-state index in [0.717, 1.165) is 12.5 Å². The fraction of sp³-hybridized carbons (Fsp3) is 0.438. The summed E-state index contributed by atoms with van der Waals surface area (Å²) in [4.78, 5) is 9.73. The zero-order valence-electron chi connectivity index (χ0n) is 13.8. The third kappa shape index (κ3) is 5.37. The van der Waals surface area contributed by atoms with Crippen LogP contribution in [0.2, 0.25) is 0 Å². The van der Waals surface area contributed by atoms with Gasteiger partial charge in [0.05, 0.1) is 6.54 Å². The fourth-order valence-corrected chi connectivity index (χ4v) is 3.47. The second kappa shape index (κ2) is 8.70. The Hall–Kier alpha value is -1.29. The van der Waals surface area contributed by atoms with Gasteiger partial charge in [-0.2, -0.15) is 4.98 Å². The Morgan fingerprint density at radius 2 is 2.04 bits per heavy atom. The summed E-state index contributed by atoms with van der Waals surface area (Å²) in [5.74, 6) is 1.95. The van der Waals surface area contributed by atoms with Crippen LogP contribution in [0.1, 0.15) is 24.6 Å². The summed E-state index contributed by atoms with van der Waals surface area (Å²) in [6.07, 6.45) is 2.44. The van der Waals surface area contributed by atoms with Crippen molar-refractivity contribution >= 4 is 41.7 Å². The van der Waals surface area contributed by atoms with Crippen LogP contribution in [0, 0.1) is 6.92 Å². The van der Waals surface area contributed by atoms with Crippen LogP contribution in [0.25, 0.3) is 0 Å². The molecule has 0 bridgehead atoms. The van der Waals surface area contributed by atoms with Crippen LogP contribution in [0.15, 0.2) is 44.7 Å². The van der Waals surface area contributed by atoms with E-state index in [2.05, 4.69) is 50.0 Å². The summed E-state index contributed by atoms with van der Waals surface area (Å²) in [7, 11) is 1.76. The van der Waals surface area contributed by atoms with E-state index in [0.29, 0.717) is 18.3 Å². The maximum Gasteiger partial charge on any atom is 0.246 e. The first kappa shape index (κ1) is 19.0. The zero-order chi connectivity index (χ0) is 16.1. The van der Waals surface area contributed by atoms with E-state index in [1.165, 1.54) is 17.7 Å². The van der Waals surface area contributed by atoms with E-state index >= 15 is 0 Å². The van der Waals surface area contributed by atoms with Gasteiger partial charge in [-0.05, 0) is 31.9 Å². The Morgan fingerprint density at radius 1 is 1.29 bits per heavy atom. The number of thioether (sulfide) groups is 1. The smallest absolute Gasteiger partial charge is 0.246 e. The molecule has 3 rings (SSSR count). The van der Waals surface area contributed by atoms with Crippen molar-refractivity contribution in [3.05, 3.63) is 42.0 Å². The lowest BCUT2D eigenvalue weighted by Gasteiger charge is -2.17. The molecule has 2 aromatic rings. The van der Waals surface area contributed by atoms with Crippen molar-refractivity contribution in [2.24, 2.45) is 4.99 Å². The van der Waals surface area contributed by atoms with Crippen LogP contribution in [-0.2, 0) is 6.54 Å². The molecule has 130 valence electrons. The van der Waals surface area contributed by atoms with Crippen molar-refractivity contribution in [3.63, 3.8) is 0 Å². The standard InChI is InChI=1S/C16H21N5OS.HI/c1-12-20-14(22-21-12)10-18-15(17-2)19-11-16(8-9-16)23-13-6-4-3-5-7-13;/h3-7H,8-11H2,1-2H3,(H2,17,18,19);1H. The molecule has 1 fully saturated rings. The van der Waals surface area contributed by atoms with E-state index in [1.807, 2.05) is 17.8 Å². The second-order valence-electron chi connectivity index (χ2n) is 5.61. The number of nitrogens with zero attached hydrogens (tertiary/aromatic N) is 3. The van der Waals surface area contributed by atoms with Crippen LogP contribution in [0.4, 0.5) is 0 Å². The van der Waals surface area contributed by atoms with Crippen LogP contribution >= 0.6 is 35.7 Å². The minimum absolute atomic E-state index is 0. The van der Waals surface area contributed by atoms with E-state index in [1.54, 1.807) is 14.0 Å². The van der Waals surface area contributed by atoms with Gasteiger partial charge in [-0.25, -0.2) is 0 Å². The molecule has 0 radical (unpaired) electrons. The van der Waals surface area contributed by atoms with Gasteiger partial charge in [0.1, 0.15) is 0 Å². The van der Waals surface area contributed by atoms with Crippen molar-refractivity contribution in [1.82, 2.24) is 20.8 Å². The Labute approximate surface area is 163 Å². The van der Waals surface area contributed by atoms with Crippen molar-refractivity contribution in [2.45, 2.75) is 36.0 Å². The molecule has 0 amide bonds.